The molecule has 0 radical (unpaired) electrons. The number of anilines is 1. The molecule has 2 aromatic rings. The molecule has 5 rings (SSSR count). The number of thioether (sulfide) groups is 1. The van der Waals surface area contributed by atoms with Gasteiger partial charge in [0.15, 0.2) is 5.17 Å². The molecule has 184 valence electrons. The Hall–Kier alpha value is -3.31. The number of nitrogens with one attached hydrogen (secondary N) is 2. The molecule has 0 saturated carbocycles. The zero-order chi connectivity index (χ0) is 24.4. The van der Waals surface area contributed by atoms with Gasteiger partial charge in [-0.25, -0.2) is 15.2 Å². The number of methoxy groups -OCH3 is 1. The van der Waals surface area contributed by atoms with Crippen molar-refractivity contribution in [2.75, 3.05) is 43.9 Å². The number of amides is 2. The van der Waals surface area contributed by atoms with E-state index < -0.39 is 6.04 Å². The van der Waals surface area contributed by atoms with Crippen LogP contribution in [0.3, 0.4) is 0 Å². The van der Waals surface area contributed by atoms with Gasteiger partial charge in [-0.15, -0.1) is 5.10 Å². The molecule has 2 fully saturated rings. The van der Waals surface area contributed by atoms with Crippen LogP contribution >= 0.6 is 11.8 Å². The SMILES string of the molecule is COc1ccccc1N1CCN(C(=O)CSC2=NNC(=O)C3CC(c4ccc(F)cc4)NN23)CC1. The molecule has 2 atom stereocenters. The predicted octanol–water partition coefficient (Wildman–Crippen LogP) is 1.94. The summed E-state index contributed by atoms with van der Waals surface area (Å²) >= 11 is 1.29. The Morgan fingerprint density at radius 1 is 1.14 bits per heavy atom. The van der Waals surface area contributed by atoms with E-state index >= 15 is 0 Å². The van der Waals surface area contributed by atoms with Crippen molar-refractivity contribution in [3.8, 4) is 5.75 Å². The highest BCUT2D eigenvalue weighted by atomic mass is 32.2. The van der Waals surface area contributed by atoms with Crippen LogP contribution in [0.2, 0.25) is 0 Å². The number of amidine groups is 1. The first kappa shape index (κ1) is 23.4. The largest absolute Gasteiger partial charge is 0.495 e. The molecule has 0 spiro atoms. The summed E-state index contributed by atoms with van der Waals surface area (Å²) in [5.41, 5.74) is 7.79. The van der Waals surface area contributed by atoms with Crippen LogP contribution in [0.4, 0.5) is 10.1 Å². The van der Waals surface area contributed by atoms with Crippen LogP contribution in [0, 0.1) is 5.82 Å². The Labute approximate surface area is 207 Å². The number of halogens is 1. The monoisotopic (exact) mass is 498 g/mol. The summed E-state index contributed by atoms with van der Waals surface area (Å²) in [6.45, 7) is 2.70. The first-order chi connectivity index (χ1) is 17.0. The van der Waals surface area contributed by atoms with Crippen LogP contribution in [-0.2, 0) is 9.59 Å². The first-order valence-electron chi connectivity index (χ1n) is 11.5. The minimum Gasteiger partial charge on any atom is -0.495 e. The number of piperazine rings is 1. The van der Waals surface area contributed by atoms with Crippen LogP contribution in [-0.4, -0.2) is 72.0 Å². The quantitative estimate of drug-likeness (QED) is 0.651. The van der Waals surface area contributed by atoms with Crippen molar-refractivity contribution < 1.29 is 18.7 Å². The minimum atomic E-state index is -0.440. The van der Waals surface area contributed by atoms with Crippen molar-refractivity contribution in [1.29, 1.82) is 0 Å². The molecular weight excluding hydrogens is 471 g/mol. The van der Waals surface area contributed by atoms with E-state index in [4.69, 9.17) is 4.74 Å². The summed E-state index contributed by atoms with van der Waals surface area (Å²) in [6, 6.07) is 13.5. The molecule has 2 amide bonds. The van der Waals surface area contributed by atoms with Gasteiger partial charge in [-0.05, 0) is 36.2 Å². The Bertz CT molecular complexity index is 1120. The maximum absolute atomic E-state index is 13.3. The molecular formula is C24H27FN6O3S. The molecule has 0 aromatic heterocycles. The van der Waals surface area contributed by atoms with Crippen LogP contribution in [0.25, 0.3) is 0 Å². The van der Waals surface area contributed by atoms with Crippen molar-refractivity contribution in [2.24, 2.45) is 5.10 Å². The smallest absolute Gasteiger partial charge is 0.264 e. The molecule has 11 heteroatoms. The lowest BCUT2D eigenvalue weighted by molar-refractivity contribution is -0.128. The third kappa shape index (κ3) is 4.92. The van der Waals surface area contributed by atoms with Crippen LogP contribution in [0.15, 0.2) is 53.6 Å². The molecule has 9 nitrogen and oxygen atoms in total. The molecule has 3 aliphatic heterocycles. The summed E-state index contributed by atoms with van der Waals surface area (Å²) in [7, 11) is 1.66. The number of benzene rings is 2. The Balaban J connectivity index is 1.16. The zero-order valence-corrected chi connectivity index (χ0v) is 20.1. The molecule has 35 heavy (non-hydrogen) atoms. The molecule has 2 saturated heterocycles. The second-order valence-electron chi connectivity index (χ2n) is 8.55. The van der Waals surface area contributed by atoms with Gasteiger partial charge in [0.2, 0.25) is 5.91 Å². The van der Waals surface area contributed by atoms with Crippen molar-refractivity contribution in [3.05, 3.63) is 59.9 Å². The van der Waals surface area contributed by atoms with E-state index in [0.717, 1.165) is 30.1 Å². The van der Waals surface area contributed by atoms with E-state index in [-0.39, 0.29) is 29.4 Å². The fourth-order valence-electron chi connectivity index (χ4n) is 4.60. The van der Waals surface area contributed by atoms with Crippen LogP contribution in [0.1, 0.15) is 18.0 Å². The second-order valence-corrected chi connectivity index (χ2v) is 9.50. The number of fused-ring (bicyclic) bond motifs is 1. The fraction of sp³-hybridized carbons (Fsp3) is 0.375. The third-order valence-corrected chi connectivity index (χ3v) is 7.43. The number of hydrazine groups is 1. The summed E-state index contributed by atoms with van der Waals surface area (Å²) in [5.74, 6) is 0.564. The Morgan fingerprint density at radius 3 is 2.63 bits per heavy atom. The molecule has 0 bridgehead atoms. The van der Waals surface area contributed by atoms with E-state index in [1.54, 1.807) is 24.3 Å². The summed E-state index contributed by atoms with van der Waals surface area (Å²) < 4.78 is 18.8. The maximum atomic E-state index is 13.3. The van der Waals surface area contributed by atoms with Crippen molar-refractivity contribution in [2.45, 2.75) is 18.5 Å². The lowest BCUT2D eigenvalue weighted by atomic mass is 10.0. The van der Waals surface area contributed by atoms with Gasteiger partial charge in [0, 0.05) is 26.2 Å². The van der Waals surface area contributed by atoms with Crippen molar-refractivity contribution >= 4 is 34.4 Å². The van der Waals surface area contributed by atoms with Crippen LogP contribution < -0.4 is 20.5 Å². The third-order valence-electron chi connectivity index (χ3n) is 6.49. The maximum Gasteiger partial charge on any atom is 0.264 e. The minimum absolute atomic E-state index is 0.0279. The first-order valence-corrected chi connectivity index (χ1v) is 12.5. The average molecular weight is 499 g/mol. The van der Waals surface area contributed by atoms with Crippen molar-refractivity contribution in [1.82, 2.24) is 20.8 Å². The molecule has 3 aliphatic rings. The van der Waals surface area contributed by atoms with E-state index in [1.807, 2.05) is 29.2 Å². The van der Waals surface area contributed by atoms with Gasteiger partial charge in [-0.1, -0.05) is 36.0 Å². The number of para-hydroxylation sites is 2. The Morgan fingerprint density at radius 2 is 1.89 bits per heavy atom. The van der Waals surface area contributed by atoms with E-state index in [9.17, 15) is 14.0 Å². The molecule has 0 aliphatic carbocycles. The van der Waals surface area contributed by atoms with E-state index in [2.05, 4.69) is 20.9 Å². The highest BCUT2D eigenvalue weighted by Gasteiger charge is 2.42. The number of hydrazone groups is 1. The van der Waals surface area contributed by atoms with Gasteiger partial charge in [0.25, 0.3) is 5.91 Å². The highest BCUT2D eigenvalue weighted by Crippen LogP contribution is 2.32. The summed E-state index contributed by atoms with van der Waals surface area (Å²) in [4.78, 5) is 29.4. The Kier molecular flexibility index (Phi) is 6.78. The van der Waals surface area contributed by atoms with Gasteiger partial charge < -0.3 is 14.5 Å². The molecule has 2 unspecified atom stereocenters. The second kappa shape index (κ2) is 10.1. The van der Waals surface area contributed by atoms with Gasteiger partial charge in [-0.3, -0.25) is 14.6 Å². The number of hydrogen-bond acceptors (Lipinski definition) is 8. The molecule has 3 heterocycles. The van der Waals surface area contributed by atoms with Crippen molar-refractivity contribution in [3.63, 3.8) is 0 Å². The predicted molar refractivity (Wildman–Crippen MR) is 132 cm³/mol. The highest BCUT2D eigenvalue weighted by molar-refractivity contribution is 8.14. The van der Waals surface area contributed by atoms with Gasteiger partial charge in [0.1, 0.15) is 17.6 Å². The fourth-order valence-corrected chi connectivity index (χ4v) is 5.46. The van der Waals surface area contributed by atoms with E-state index in [0.29, 0.717) is 24.7 Å². The normalized spacial score (nSPS) is 21.9. The number of hydrogen-bond donors (Lipinski definition) is 2. The standard InChI is InChI=1S/C24H27FN6O3S/c1-34-21-5-3-2-4-19(21)29-10-12-30(13-11-29)22(32)15-35-24-27-26-23(33)20-14-18(28-31(20)24)16-6-8-17(25)9-7-16/h2-9,18,20,28H,10-15H2,1H3,(H,26,33). The number of rotatable bonds is 5. The van der Waals surface area contributed by atoms with Crippen LogP contribution in [0.5, 0.6) is 5.75 Å². The number of nitrogens with zero attached hydrogens (tertiary/aromatic N) is 4. The van der Waals surface area contributed by atoms with Gasteiger partial charge in [0.05, 0.1) is 24.6 Å². The molecule has 2 aromatic carbocycles. The lowest BCUT2D eigenvalue weighted by Gasteiger charge is -2.36. The number of carbonyl (C=O) groups is 2. The average Bonchev–Trinajstić information content (AvgIpc) is 3.35. The zero-order valence-electron chi connectivity index (χ0n) is 19.3. The summed E-state index contributed by atoms with van der Waals surface area (Å²) in [6.07, 6.45) is 0.524. The molecule has 2 N–H and O–H groups in total. The number of ether oxygens (including phenoxy) is 1. The number of carbonyl (C=O) groups excluding carboxylic acids is 2. The summed E-state index contributed by atoms with van der Waals surface area (Å²) in [5, 5.41) is 6.44. The van der Waals surface area contributed by atoms with Gasteiger partial charge >= 0.3 is 0 Å². The lowest BCUT2D eigenvalue weighted by Crippen LogP contribution is -2.53. The topological polar surface area (TPSA) is 89.5 Å². The van der Waals surface area contributed by atoms with Gasteiger partial charge in [-0.2, -0.15) is 0 Å². The van der Waals surface area contributed by atoms with E-state index in [1.165, 1.54) is 23.9 Å².